The second kappa shape index (κ2) is 12.9. The molecule has 0 saturated heterocycles. The van der Waals surface area contributed by atoms with Crippen molar-refractivity contribution in [3.63, 3.8) is 0 Å². The lowest BCUT2D eigenvalue weighted by Gasteiger charge is -2.29. The average Bonchev–Trinajstić information content (AvgIpc) is 3.39. The fourth-order valence-corrected chi connectivity index (χ4v) is 6.60. The maximum atomic E-state index is 13.8. The SMILES string of the molecule is CCOC(=O)CC(c1ccc(C)c(CN2Cc3cc(O)c(F)cc3OS2(=O)=O)c1)c1ccc2c(nnn2CCCCO)c1C. The number of nitrogens with zero attached hydrogens (tertiary/aromatic N) is 4. The predicted molar refractivity (Wildman–Crippen MR) is 160 cm³/mol. The van der Waals surface area contributed by atoms with Crippen molar-refractivity contribution in [2.45, 2.75) is 65.6 Å². The van der Waals surface area contributed by atoms with Crippen LogP contribution in [0.3, 0.4) is 0 Å². The molecule has 11 nitrogen and oxygen atoms in total. The molecule has 2 N–H and O–H groups in total. The molecular weight excluding hydrogens is 591 g/mol. The van der Waals surface area contributed by atoms with Gasteiger partial charge in [0.05, 0.1) is 18.5 Å². The van der Waals surface area contributed by atoms with E-state index >= 15 is 0 Å². The summed E-state index contributed by atoms with van der Waals surface area (Å²) in [6, 6.07) is 11.6. The van der Waals surface area contributed by atoms with Crippen LogP contribution in [-0.4, -0.2) is 57.1 Å². The Morgan fingerprint density at radius 3 is 2.70 bits per heavy atom. The van der Waals surface area contributed by atoms with Gasteiger partial charge in [0.25, 0.3) is 0 Å². The van der Waals surface area contributed by atoms with Crippen LogP contribution < -0.4 is 4.18 Å². The summed E-state index contributed by atoms with van der Waals surface area (Å²) in [4.78, 5) is 12.8. The first-order valence-corrected chi connectivity index (χ1v) is 15.8. The number of unbranched alkanes of at least 4 members (excludes halogenated alkanes) is 1. The van der Waals surface area contributed by atoms with E-state index in [-0.39, 0.29) is 44.4 Å². The van der Waals surface area contributed by atoms with E-state index in [0.717, 1.165) is 50.6 Å². The number of benzene rings is 3. The van der Waals surface area contributed by atoms with Crippen molar-refractivity contribution in [3.05, 3.63) is 81.7 Å². The van der Waals surface area contributed by atoms with Gasteiger partial charge >= 0.3 is 16.3 Å². The lowest BCUT2D eigenvalue weighted by molar-refractivity contribution is -0.143. The quantitative estimate of drug-likeness (QED) is 0.183. The first-order valence-electron chi connectivity index (χ1n) is 14.4. The van der Waals surface area contributed by atoms with E-state index in [2.05, 4.69) is 10.3 Å². The van der Waals surface area contributed by atoms with E-state index in [1.165, 1.54) is 0 Å². The van der Waals surface area contributed by atoms with Crippen LogP contribution in [0.15, 0.2) is 42.5 Å². The number of phenolic OH excluding ortho intramolecular Hbond substituents is 1. The predicted octanol–water partition coefficient (Wildman–Crippen LogP) is 4.39. The topological polar surface area (TPSA) is 144 Å². The summed E-state index contributed by atoms with van der Waals surface area (Å²) in [5.74, 6) is -2.52. The van der Waals surface area contributed by atoms with Gasteiger partial charge in [-0.1, -0.05) is 29.5 Å². The summed E-state index contributed by atoms with van der Waals surface area (Å²) in [5, 5.41) is 27.7. The number of rotatable bonds is 11. The summed E-state index contributed by atoms with van der Waals surface area (Å²) in [6.07, 6.45) is 1.47. The van der Waals surface area contributed by atoms with Gasteiger partial charge in [0.2, 0.25) is 0 Å². The van der Waals surface area contributed by atoms with Crippen LogP contribution in [0.5, 0.6) is 11.5 Å². The maximum absolute atomic E-state index is 13.8. The Morgan fingerprint density at radius 2 is 1.95 bits per heavy atom. The fraction of sp³-hybridized carbons (Fsp3) is 0.387. The molecule has 3 aromatic carbocycles. The number of phenols is 1. The van der Waals surface area contributed by atoms with Crippen molar-refractivity contribution < 1.29 is 36.7 Å². The molecule has 0 saturated carbocycles. The standard InChI is InChI=1S/C31H35FN4O7S/c1-4-42-30(39)15-25(24-9-10-27-31(20(24)3)33-34-36(27)11-5-6-12-37)21-8-7-19(2)22(13-21)17-35-18-23-14-28(38)26(32)16-29(23)43-44(35,40)41/h7-10,13-14,16,25,37-38H,4-6,11-12,15,17-18H2,1-3H3. The van der Waals surface area contributed by atoms with Crippen molar-refractivity contribution in [2.75, 3.05) is 13.2 Å². The molecule has 0 radical (unpaired) electrons. The number of halogens is 1. The van der Waals surface area contributed by atoms with Crippen LogP contribution >= 0.6 is 0 Å². The second-order valence-electron chi connectivity index (χ2n) is 10.9. The van der Waals surface area contributed by atoms with Crippen molar-refractivity contribution in [1.29, 1.82) is 0 Å². The molecule has 0 bridgehead atoms. The second-order valence-corrected chi connectivity index (χ2v) is 12.4. The number of esters is 1. The minimum absolute atomic E-state index is 0.0497. The zero-order valence-corrected chi connectivity index (χ0v) is 25.6. The molecule has 234 valence electrons. The first-order chi connectivity index (χ1) is 21.0. The Kier molecular flexibility index (Phi) is 9.18. The maximum Gasteiger partial charge on any atom is 0.385 e. The average molecular weight is 627 g/mol. The zero-order chi connectivity index (χ0) is 31.6. The highest BCUT2D eigenvalue weighted by molar-refractivity contribution is 7.84. The highest BCUT2D eigenvalue weighted by atomic mass is 32.2. The molecule has 1 aliphatic heterocycles. The lowest BCUT2D eigenvalue weighted by atomic mass is 9.84. The van der Waals surface area contributed by atoms with E-state index in [4.69, 9.17) is 14.0 Å². The zero-order valence-electron chi connectivity index (χ0n) is 24.8. The Labute approximate surface area is 255 Å². The molecule has 0 spiro atoms. The number of hydrogen-bond acceptors (Lipinski definition) is 9. The number of aromatic nitrogens is 3. The number of aliphatic hydroxyl groups is 1. The molecule has 13 heteroatoms. The molecule has 44 heavy (non-hydrogen) atoms. The molecule has 1 aromatic heterocycles. The third kappa shape index (κ3) is 6.40. The number of aryl methyl sites for hydroxylation is 3. The van der Waals surface area contributed by atoms with Crippen LogP contribution in [0, 0.1) is 19.7 Å². The number of aromatic hydroxyl groups is 1. The van der Waals surface area contributed by atoms with Crippen LogP contribution in [-0.2, 0) is 39.5 Å². The monoisotopic (exact) mass is 626 g/mol. The van der Waals surface area contributed by atoms with E-state index in [1.807, 2.05) is 44.2 Å². The van der Waals surface area contributed by atoms with E-state index < -0.39 is 27.8 Å². The molecule has 0 fully saturated rings. The molecule has 1 unspecified atom stereocenters. The molecule has 0 amide bonds. The molecule has 4 aromatic rings. The Hall–Kier alpha value is -4.07. The van der Waals surface area contributed by atoms with E-state index in [0.29, 0.717) is 29.6 Å². The summed E-state index contributed by atoms with van der Waals surface area (Å²) in [7, 11) is -4.25. The number of hydrogen-bond donors (Lipinski definition) is 2. The van der Waals surface area contributed by atoms with Crippen LogP contribution in [0.1, 0.15) is 65.5 Å². The Morgan fingerprint density at radius 1 is 1.16 bits per heavy atom. The number of aliphatic hydroxyl groups excluding tert-OH is 1. The van der Waals surface area contributed by atoms with Crippen LogP contribution in [0.4, 0.5) is 4.39 Å². The summed E-state index contributed by atoms with van der Waals surface area (Å²) >= 11 is 0. The van der Waals surface area contributed by atoms with Gasteiger partial charge in [0, 0.05) is 43.8 Å². The summed E-state index contributed by atoms with van der Waals surface area (Å²) in [5.41, 5.74) is 5.92. The third-order valence-corrected chi connectivity index (χ3v) is 9.20. The third-order valence-electron chi connectivity index (χ3n) is 7.92. The van der Waals surface area contributed by atoms with Crippen molar-refractivity contribution in [2.24, 2.45) is 0 Å². The van der Waals surface area contributed by atoms with Crippen molar-refractivity contribution in [1.82, 2.24) is 19.3 Å². The smallest absolute Gasteiger partial charge is 0.385 e. The molecule has 5 rings (SSSR count). The van der Waals surface area contributed by atoms with Crippen molar-refractivity contribution in [3.8, 4) is 11.5 Å². The minimum atomic E-state index is -4.25. The highest BCUT2D eigenvalue weighted by Crippen LogP contribution is 2.37. The molecule has 1 atom stereocenters. The number of fused-ring (bicyclic) bond motifs is 2. The van der Waals surface area contributed by atoms with Crippen LogP contribution in [0.25, 0.3) is 11.0 Å². The van der Waals surface area contributed by atoms with Gasteiger partial charge in [-0.2, -0.15) is 12.7 Å². The van der Waals surface area contributed by atoms with E-state index in [9.17, 15) is 22.7 Å². The Balaban J connectivity index is 1.50. The summed E-state index contributed by atoms with van der Waals surface area (Å²) in [6.45, 7) is 6.33. The van der Waals surface area contributed by atoms with Crippen LogP contribution in [0.2, 0.25) is 0 Å². The molecule has 1 aliphatic rings. The van der Waals surface area contributed by atoms with Gasteiger partial charge in [-0.25, -0.2) is 9.07 Å². The molecular formula is C31H35FN4O7S. The van der Waals surface area contributed by atoms with Crippen molar-refractivity contribution >= 4 is 27.3 Å². The van der Waals surface area contributed by atoms with E-state index in [1.54, 1.807) is 11.6 Å². The summed E-state index contributed by atoms with van der Waals surface area (Å²) < 4.78 is 53.2. The molecule has 0 aliphatic carbocycles. The molecule has 2 heterocycles. The largest absolute Gasteiger partial charge is 0.505 e. The number of ether oxygens (including phenoxy) is 1. The normalized spacial score (nSPS) is 15.1. The first kappa shape index (κ1) is 31.4. The van der Waals surface area contributed by atoms with Gasteiger partial charge in [0.15, 0.2) is 17.3 Å². The highest BCUT2D eigenvalue weighted by Gasteiger charge is 2.33. The van der Waals surface area contributed by atoms with Gasteiger partial charge in [-0.15, -0.1) is 5.10 Å². The Bertz CT molecular complexity index is 1810. The van der Waals surface area contributed by atoms with Gasteiger partial charge < -0.3 is 19.1 Å². The van der Waals surface area contributed by atoms with Gasteiger partial charge in [0.1, 0.15) is 5.52 Å². The lowest BCUT2D eigenvalue weighted by Crippen LogP contribution is -2.37. The minimum Gasteiger partial charge on any atom is -0.505 e. The fourth-order valence-electron chi connectivity index (χ4n) is 5.52. The number of carbonyl (C=O) groups excluding carboxylic acids is 1. The number of carbonyl (C=O) groups is 1. The van der Waals surface area contributed by atoms with Gasteiger partial charge in [-0.3, -0.25) is 4.79 Å². The van der Waals surface area contributed by atoms with Gasteiger partial charge in [-0.05, 0) is 73.6 Å².